The fourth-order valence-electron chi connectivity index (χ4n) is 3.58. The third-order valence-corrected chi connectivity index (χ3v) is 6.92. The number of aromatic nitrogens is 1. The van der Waals surface area contributed by atoms with Crippen LogP contribution in [0, 0.1) is 5.82 Å². The molecule has 0 radical (unpaired) electrons. The lowest BCUT2D eigenvalue weighted by Crippen LogP contribution is -2.38. The first-order chi connectivity index (χ1) is 16.9. The van der Waals surface area contributed by atoms with Gasteiger partial charge in [-0.15, -0.1) is 0 Å². The van der Waals surface area contributed by atoms with Crippen molar-refractivity contribution >= 4 is 26.8 Å². The van der Waals surface area contributed by atoms with E-state index >= 15 is 0 Å². The molecule has 11 heteroatoms. The summed E-state index contributed by atoms with van der Waals surface area (Å²) >= 11 is 0. The minimum absolute atomic E-state index is 0.00545. The number of nitrogens with one attached hydrogen (secondary N) is 1. The standard InChI is InChI=1S/C25H20F4N2O4S/c1-15(31-36(33,34)24-14-18-13-20(26)7-9-23(18)35-24)22(32)8-2-16-10-11-30-21(12-16)17-3-5-19(6-4-17)25(27,28)29/h3-7,9-15,31H,2,8H2,1H3/t15-/m0/s1. The van der Waals surface area contributed by atoms with Gasteiger partial charge >= 0.3 is 6.18 Å². The molecule has 6 nitrogen and oxygen atoms in total. The molecule has 0 aliphatic carbocycles. The van der Waals surface area contributed by atoms with Crippen molar-refractivity contribution < 1.29 is 35.2 Å². The van der Waals surface area contributed by atoms with Gasteiger partial charge in [0, 0.05) is 29.6 Å². The van der Waals surface area contributed by atoms with Crippen LogP contribution in [-0.2, 0) is 27.4 Å². The van der Waals surface area contributed by atoms with Gasteiger partial charge < -0.3 is 4.42 Å². The van der Waals surface area contributed by atoms with Crippen molar-refractivity contribution in [2.24, 2.45) is 0 Å². The van der Waals surface area contributed by atoms with Gasteiger partial charge in [-0.25, -0.2) is 12.8 Å². The number of nitrogens with zero attached hydrogens (tertiary/aromatic N) is 1. The number of carbonyl (C=O) groups excluding carboxylic acids is 1. The molecule has 188 valence electrons. The first-order valence-corrected chi connectivity index (χ1v) is 12.3. The van der Waals surface area contributed by atoms with Crippen molar-refractivity contribution in [2.75, 3.05) is 0 Å². The fraction of sp³-hybridized carbons (Fsp3) is 0.200. The molecule has 1 N–H and O–H groups in total. The van der Waals surface area contributed by atoms with E-state index in [9.17, 15) is 30.8 Å². The highest BCUT2D eigenvalue weighted by atomic mass is 32.2. The molecule has 0 fully saturated rings. The van der Waals surface area contributed by atoms with Crippen molar-refractivity contribution in [3.05, 3.63) is 83.8 Å². The number of halogens is 4. The summed E-state index contributed by atoms with van der Waals surface area (Å²) in [5.74, 6) is -0.921. The summed E-state index contributed by atoms with van der Waals surface area (Å²) in [5.41, 5.74) is 1.07. The summed E-state index contributed by atoms with van der Waals surface area (Å²) in [6.07, 6.45) is -2.67. The number of sulfonamides is 1. The maximum atomic E-state index is 13.4. The van der Waals surface area contributed by atoms with E-state index in [4.69, 9.17) is 4.42 Å². The van der Waals surface area contributed by atoms with Crippen LogP contribution in [0.2, 0.25) is 0 Å². The summed E-state index contributed by atoms with van der Waals surface area (Å²) in [5, 5.41) is -0.158. The highest BCUT2D eigenvalue weighted by Gasteiger charge is 2.30. The highest BCUT2D eigenvalue weighted by Crippen LogP contribution is 2.31. The molecule has 36 heavy (non-hydrogen) atoms. The second kappa shape index (κ2) is 9.82. The van der Waals surface area contributed by atoms with Gasteiger partial charge in [0.05, 0.1) is 17.3 Å². The van der Waals surface area contributed by atoms with Crippen LogP contribution in [0.5, 0.6) is 0 Å². The van der Waals surface area contributed by atoms with Crippen LogP contribution in [0.15, 0.2) is 76.4 Å². The second-order valence-corrected chi connectivity index (χ2v) is 9.83. The van der Waals surface area contributed by atoms with E-state index in [-0.39, 0.29) is 29.6 Å². The number of benzene rings is 2. The Hall–Kier alpha value is -3.57. The van der Waals surface area contributed by atoms with Gasteiger partial charge in [-0.2, -0.15) is 17.9 Å². The van der Waals surface area contributed by atoms with Gasteiger partial charge in [-0.3, -0.25) is 9.78 Å². The zero-order valence-corrected chi connectivity index (χ0v) is 19.7. The van der Waals surface area contributed by atoms with E-state index in [0.29, 0.717) is 16.8 Å². The molecule has 2 aromatic heterocycles. The van der Waals surface area contributed by atoms with Crippen molar-refractivity contribution in [1.82, 2.24) is 9.71 Å². The molecule has 2 heterocycles. The quantitative estimate of drug-likeness (QED) is 0.309. The molecule has 0 aliphatic heterocycles. The lowest BCUT2D eigenvalue weighted by Gasteiger charge is -2.12. The minimum Gasteiger partial charge on any atom is -0.443 e. The SMILES string of the molecule is C[C@H](NS(=O)(=O)c1cc2cc(F)ccc2o1)C(=O)CCc1ccnc(-c2ccc(C(F)(F)F)cc2)c1. The van der Waals surface area contributed by atoms with Crippen LogP contribution in [0.3, 0.4) is 0 Å². The number of pyridine rings is 1. The van der Waals surface area contributed by atoms with Gasteiger partial charge in [0.1, 0.15) is 11.4 Å². The molecule has 0 spiro atoms. The van der Waals surface area contributed by atoms with Crippen LogP contribution in [-0.4, -0.2) is 25.2 Å². The average molecular weight is 521 g/mol. The van der Waals surface area contributed by atoms with Crippen LogP contribution in [0.4, 0.5) is 17.6 Å². The second-order valence-electron chi connectivity index (χ2n) is 8.18. The topological polar surface area (TPSA) is 89.3 Å². The predicted molar refractivity (Wildman–Crippen MR) is 124 cm³/mol. The summed E-state index contributed by atoms with van der Waals surface area (Å²) < 4.78 is 84.5. The van der Waals surface area contributed by atoms with Crippen LogP contribution in [0.1, 0.15) is 24.5 Å². The van der Waals surface area contributed by atoms with Gasteiger partial charge in [0.25, 0.3) is 10.0 Å². The van der Waals surface area contributed by atoms with Gasteiger partial charge in [0.15, 0.2) is 5.78 Å². The van der Waals surface area contributed by atoms with E-state index in [1.54, 1.807) is 12.1 Å². The number of rotatable bonds is 8. The van der Waals surface area contributed by atoms with Gasteiger partial charge in [-0.05, 0) is 61.4 Å². The van der Waals surface area contributed by atoms with Crippen molar-refractivity contribution in [3.8, 4) is 11.3 Å². The highest BCUT2D eigenvalue weighted by molar-refractivity contribution is 7.89. The molecule has 0 unspecified atom stereocenters. The number of aryl methyl sites for hydroxylation is 1. The summed E-state index contributed by atoms with van der Waals surface area (Å²) in [6, 6.07) is 11.6. The normalized spacial score (nSPS) is 13.1. The Labute approximate surface area is 204 Å². The monoisotopic (exact) mass is 520 g/mol. The van der Waals surface area contributed by atoms with Crippen molar-refractivity contribution in [3.63, 3.8) is 0 Å². The summed E-state index contributed by atoms with van der Waals surface area (Å²) in [7, 11) is -4.17. The molecule has 2 aromatic carbocycles. The maximum Gasteiger partial charge on any atom is 0.416 e. The fourth-order valence-corrected chi connectivity index (χ4v) is 4.78. The molecule has 1 atom stereocenters. The summed E-state index contributed by atoms with van der Waals surface area (Å²) in [6.45, 7) is 1.41. The zero-order valence-electron chi connectivity index (χ0n) is 18.8. The first kappa shape index (κ1) is 25.5. The van der Waals surface area contributed by atoms with Crippen LogP contribution in [0.25, 0.3) is 22.2 Å². The van der Waals surface area contributed by atoms with E-state index in [1.807, 2.05) is 0 Å². The molecule has 4 aromatic rings. The number of fused-ring (bicyclic) bond motifs is 1. The number of alkyl halides is 3. The number of furan rings is 1. The van der Waals surface area contributed by atoms with Gasteiger partial charge in [0.2, 0.25) is 5.09 Å². The number of ketones is 1. The number of Topliss-reactive ketones (excluding diaryl/α,β-unsaturated/α-hetero) is 1. The Kier molecular flexibility index (Phi) is 6.96. The Morgan fingerprint density at radius 1 is 1.06 bits per heavy atom. The maximum absolute atomic E-state index is 13.4. The van der Waals surface area contributed by atoms with E-state index in [0.717, 1.165) is 24.3 Å². The number of hydrogen-bond acceptors (Lipinski definition) is 5. The Balaban J connectivity index is 1.39. The third-order valence-electron chi connectivity index (χ3n) is 5.53. The molecular formula is C25H20F4N2O4S. The summed E-state index contributed by atoms with van der Waals surface area (Å²) in [4.78, 5) is 16.8. The smallest absolute Gasteiger partial charge is 0.416 e. The molecule has 0 amide bonds. The minimum atomic E-state index is -4.44. The van der Waals surface area contributed by atoms with Gasteiger partial charge in [-0.1, -0.05) is 12.1 Å². The lowest BCUT2D eigenvalue weighted by atomic mass is 10.0. The van der Waals surface area contributed by atoms with E-state index in [1.165, 1.54) is 37.4 Å². The first-order valence-electron chi connectivity index (χ1n) is 10.8. The Morgan fingerprint density at radius 3 is 2.47 bits per heavy atom. The van der Waals surface area contributed by atoms with Crippen LogP contribution >= 0.6 is 0 Å². The van der Waals surface area contributed by atoms with E-state index in [2.05, 4.69) is 9.71 Å². The van der Waals surface area contributed by atoms with Crippen molar-refractivity contribution in [2.45, 2.75) is 37.1 Å². The molecule has 0 saturated heterocycles. The van der Waals surface area contributed by atoms with Crippen LogP contribution < -0.4 is 4.72 Å². The molecular weight excluding hydrogens is 500 g/mol. The van der Waals surface area contributed by atoms with Crippen molar-refractivity contribution in [1.29, 1.82) is 0 Å². The number of hydrogen-bond donors (Lipinski definition) is 1. The molecule has 4 rings (SSSR count). The van der Waals surface area contributed by atoms with E-state index < -0.39 is 38.7 Å². The lowest BCUT2D eigenvalue weighted by molar-refractivity contribution is -0.137. The average Bonchev–Trinajstić information content (AvgIpc) is 3.26. The molecule has 0 bridgehead atoms. The number of carbonyl (C=O) groups is 1. The Bertz CT molecular complexity index is 1510. The molecule has 0 aliphatic rings. The predicted octanol–water partition coefficient (Wildman–Crippen LogP) is 5.52. The third kappa shape index (κ3) is 5.80. The zero-order chi connectivity index (χ0) is 26.1. The largest absolute Gasteiger partial charge is 0.443 e. The molecule has 0 saturated carbocycles. The Morgan fingerprint density at radius 2 is 1.78 bits per heavy atom.